The van der Waals surface area contributed by atoms with Gasteiger partial charge in [0.25, 0.3) is 5.91 Å². The molecule has 0 bridgehead atoms. The number of benzene rings is 2. The number of primary amides is 1. The Morgan fingerprint density at radius 1 is 1.05 bits per heavy atom. The molecule has 1 fully saturated rings. The Bertz CT molecular complexity index is 1130. The molecule has 1 aliphatic carbocycles. The van der Waals surface area contributed by atoms with Gasteiger partial charge in [-0.2, -0.15) is 0 Å². The van der Waals surface area contributed by atoms with Gasteiger partial charge in [0, 0.05) is 12.2 Å². The molecule has 0 spiro atoms. The maximum atomic E-state index is 14.0. The van der Waals surface area contributed by atoms with E-state index in [4.69, 9.17) is 5.73 Å². The predicted octanol–water partition coefficient (Wildman–Crippen LogP) is 4.41. The van der Waals surface area contributed by atoms with E-state index in [1.54, 1.807) is 6.08 Å². The molecule has 1 saturated carbocycles. The molecular weight excluding hydrogens is 464 g/mol. The van der Waals surface area contributed by atoms with Gasteiger partial charge in [-0.05, 0) is 61.8 Å². The zero-order valence-corrected chi connectivity index (χ0v) is 21.8. The van der Waals surface area contributed by atoms with Crippen molar-refractivity contribution in [2.45, 2.75) is 45.6 Å². The molecule has 3 atom stereocenters. The molecule has 0 radical (unpaired) electrons. The molecule has 37 heavy (non-hydrogen) atoms. The van der Waals surface area contributed by atoms with Crippen LogP contribution in [0.25, 0.3) is 0 Å². The number of carbonyl (C=O) groups is 3. The van der Waals surface area contributed by atoms with E-state index in [0.717, 1.165) is 29.9 Å². The predicted molar refractivity (Wildman–Crippen MR) is 147 cm³/mol. The maximum Gasteiger partial charge on any atom is 0.251 e. The first-order valence-corrected chi connectivity index (χ1v) is 13.2. The van der Waals surface area contributed by atoms with Crippen molar-refractivity contribution in [1.82, 2.24) is 5.32 Å². The Hall–Kier alpha value is -3.61. The molecule has 3 amide bonds. The number of para-hydroxylation sites is 3. The van der Waals surface area contributed by atoms with Crippen LogP contribution in [0.5, 0.6) is 0 Å². The lowest BCUT2D eigenvalue weighted by atomic mass is 9.82. The number of nitrogens with zero attached hydrogens (tertiary/aromatic N) is 2. The standard InChI is InChI=1S/C30H38N4O3/c1-4-10-23(28(31)35)24(17-20(2)3)29(36)32-25-19-33(22-11-6-5-7-12-22)26-13-8-9-14-27(26)34(30(25)37)18-21-15-16-21/h4-9,11-14,20-21,23-25H,1,10,15-19H2,2-3H3,(H2,31,35)(H,32,36)/t23-,24+,25?/m0/s1. The second-order valence-electron chi connectivity index (χ2n) is 10.7. The largest absolute Gasteiger partial charge is 0.369 e. The Labute approximate surface area is 219 Å². The van der Waals surface area contributed by atoms with Gasteiger partial charge in [0.2, 0.25) is 11.8 Å². The SMILES string of the molecule is C=CC[C@H](C(N)=O)[C@@H](CC(C)C)C(=O)NC1CN(c2ccccc2)c2ccccc2N(CC2CC2)C1=O. The molecule has 1 heterocycles. The number of hydrogen-bond donors (Lipinski definition) is 2. The van der Waals surface area contributed by atoms with Crippen LogP contribution in [0.4, 0.5) is 17.1 Å². The number of hydrogen-bond acceptors (Lipinski definition) is 4. The highest BCUT2D eigenvalue weighted by Gasteiger charge is 2.40. The van der Waals surface area contributed by atoms with Gasteiger partial charge in [0.15, 0.2) is 0 Å². The highest BCUT2D eigenvalue weighted by molar-refractivity contribution is 6.04. The van der Waals surface area contributed by atoms with Gasteiger partial charge in [-0.15, -0.1) is 6.58 Å². The normalized spacial score (nSPS) is 19.1. The van der Waals surface area contributed by atoms with Crippen LogP contribution in [0.1, 0.15) is 39.5 Å². The molecule has 2 aliphatic rings. The Kier molecular flexibility index (Phi) is 8.31. The maximum absolute atomic E-state index is 14.0. The fourth-order valence-electron chi connectivity index (χ4n) is 5.19. The third-order valence-electron chi connectivity index (χ3n) is 7.25. The average Bonchev–Trinajstić information content (AvgIpc) is 3.72. The van der Waals surface area contributed by atoms with Crippen LogP contribution in [0.3, 0.4) is 0 Å². The van der Waals surface area contributed by atoms with E-state index < -0.39 is 23.8 Å². The smallest absolute Gasteiger partial charge is 0.251 e. The van der Waals surface area contributed by atoms with Crippen LogP contribution in [0.15, 0.2) is 67.3 Å². The topological polar surface area (TPSA) is 95.7 Å². The van der Waals surface area contributed by atoms with E-state index in [0.29, 0.717) is 25.3 Å². The van der Waals surface area contributed by atoms with Crippen molar-refractivity contribution in [2.75, 3.05) is 22.9 Å². The average molecular weight is 503 g/mol. The van der Waals surface area contributed by atoms with Crippen LogP contribution in [-0.4, -0.2) is 36.9 Å². The van der Waals surface area contributed by atoms with E-state index in [9.17, 15) is 14.4 Å². The first kappa shape index (κ1) is 26.5. The van der Waals surface area contributed by atoms with Crippen molar-refractivity contribution in [1.29, 1.82) is 0 Å². The van der Waals surface area contributed by atoms with Gasteiger partial charge >= 0.3 is 0 Å². The molecule has 0 aromatic heterocycles. The summed E-state index contributed by atoms with van der Waals surface area (Å²) in [4.78, 5) is 44.0. The first-order valence-electron chi connectivity index (χ1n) is 13.2. The second kappa shape index (κ2) is 11.6. The Morgan fingerprint density at radius 3 is 2.30 bits per heavy atom. The Morgan fingerprint density at radius 2 is 1.70 bits per heavy atom. The van der Waals surface area contributed by atoms with E-state index in [1.807, 2.05) is 73.3 Å². The minimum atomic E-state index is -0.786. The summed E-state index contributed by atoms with van der Waals surface area (Å²) in [7, 11) is 0. The van der Waals surface area contributed by atoms with E-state index in [2.05, 4.69) is 16.8 Å². The third-order valence-corrected chi connectivity index (χ3v) is 7.25. The quantitative estimate of drug-likeness (QED) is 0.445. The van der Waals surface area contributed by atoms with E-state index in [1.165, 1.54) is 0 Å². The summed E-state index contributed by atoms with van der Waals surface area (Å²) >= 11 is 0. The van der Waals surface area contributed by atoms with Crippen molar-refractivity contribution < 1.29 is 14.4 Å². The van der Waals surface area contributed by atoms with Gasteiger partial charge < -0.3 is 20.9 Å². The number of nitrogens with one attached hydrogen (secondary N) is 1. The third kappa shape index (κ3) is 6.21. The highest BCUT2D eigenvalue weighted by Crippen LogP contribution is 2.40. The van der Waals surface area contributed by atoms with Crippen LogP contribution in [0.2, 0.25) is 0 Å². The van der Waals surface area contributed by atoms with Crippen molar-refractivity contribution in [3.05, 3.63) is 67.3 Å². The molecule has 1 unspecified atom stereocenters. The van der Waals surface area contributed by atoms with Gasteiger partial charge in [0.05, 0.1) is 29.8 Å². The number of amides is 3. The summed E-state index contributed by atoms with van der Waals surface area (Å²) in [6.07, 6.45) is 4.63. The van der Waals surface area contributed by atoms with Gasteiger partial charge in [-0.3, -0.25) is 14.4 Å². The number of anilines is 3. The van der Waals surface area contributed by atoms with Gasteiger partial charge in [-0.1, -0.05) is 50.3 Å². The molecule has 1 aliphatic heterocycles. The lowest BCUT2D eigenvalue weighted by molar-refractivity contribution is -0.135. The summed E-state index contributed by atoms with van der Waals surface area (Å²) in [5.41, 5.74) is 8.43. The summed E-state index contributed by atoms with van der Waals surface area (Å²) < 4.78 is 0. The van der Waals surface area contributed by atoms with Gasteiger partial charge in [0.1, 0.15) is 6.04 Å². The van der Waals surface area contributed by atoms with Crippen molar-refractivity contribution in [3.8, 4) is 0 Å². The highest BCUT2D eigenvalue weighted by atomic mass is 16.2. The summed E-state index contributed by atoms with van der Waals surface area (Å²) in [6, 6.07) is 17.0. The molecule has 196 valence electrons. The fourth-order valence-corrected chi connectivity index (χ4v) is 5.19. The zero-order valence-electron chi connectivity index (χ0n) is 21.8. The van der Waals surface area contributed by atoms with Crippen LogP contribution in [0, 0.1) is 23.7 Å². The monoisotopic (exact) mass is 502 g/mol. The fraction of sp³-hybridized carbons (Fsp3) is 0.433. The molecule has 7 heteroatoms. The van der Waals surface area contributed by atoms with E-state index in [-0.39, 0.29) is 24.3 Å². The van der Waals surface area contributed by atoms with Crippen LogP contribution < -0.4 is 20.9 Å². The van der Waals surface area contributed by atoms with Crippen molar-refractivity contribution in [2.24, 2.45) is 29.4 Å². The molecular formula is C30H38N4O3. The van der Waals surface area contributed by atoms with Gasteiger partial charge in [-0.25, -0.2) is 0 Å². The minimum Gasteiger partial charge on any atom is -0.369 e. The first-order chi connectivity index (χ1) is 17.8. The number of allylic oxidation sites excluding steroid dienone is 1. The zero-order chi connectivity index (χ0) is 26.5. The molecule has 2 aromatic carbocycles. The molecule has 0 saturated heterocycles. The second-order valence-corrected chi connectivity index (χ2v) is 10.7. The van der Waals surface area contributed by atoms with E-state index >= 15 is 0 Å². The number of nitrogens with two attached hydrogens (primary N) is 1. The number of rotatable bonds is 11. The lowest BCUT2D eigenvalue weighted by Crippen LogP contribution is -2.54. The van der Waals surface area contributed by atoms with Crippen LogP contribution in [-0.2, 0) is 14.4 Å². The summed E-state index contributed by atoms with van der Waals surface area (Å²) in [6.45, 7) is 8.67. The number of carbonyl (C=O) groups excluding carboxylic acids is 3. The molecule has 2 aromatic rings. The lowest BCUT2D eigenvalue weighted by Gasteiger charge is -2.30. The van der Waals surface area contributed by atoms with Crippen LogP contribution >= 0.6 is 0 Å². The molecule has 7 nitrogen and oxygen atoms in total. The molecule has 3 N–H and O–H groups in total. The summed E-state index contributed by atoms with van der Waals surface area (Å²) in [5.74, 6) is -1.65. The molecule has 4 rings (SSSR count). The van der Waals surface area contributed by atoms with Crippen molar-refractivity contribution in [3.63, 3.8) is 0 Å². The van der Waals surface area contributed by atoms with Crippen molar-refractivity contribution >= 4 is 34.8 Å². The minimum absolute atomic E-state index is 0.131. The summed E-state index contributed by atoms with van der Waals surface area (Å²) in [5, 5.41) is 3.05. The Balaban J connectivity index is 1.70. The number of fused-ring (bicyclic) bond motifs is 1.